The molecule has 0 bridgehead atoms. The summed E-state index contributed by atoms with van der Waals surface area (Å²) in [5, 5.41) is 11.8. The summed E-state index contributed by atoms with van der Waals surface area (Å²) < 4.78 is 0. The minimum Gasteiger partial charge on any atom is -0.347 e. The highest BCUT2D eigenvalue weighted by Gasteiger charge is 2.06. The lowest BCUT2D eigenvalue weighted by Crippen LogP contribution is -2.23. The molecular weight excluding hydrogens is 272 g/mol. The minimum atomic E-state index is -0.371. The molecule has 0 atom stereocenters. The van der Waals surface area contributed by atoms with Crippen molar-refractivity contribution in [2.75, 3.05) is 0 Å². The molecule has 108 valence electrons. The molecule has 0 fully saturated rings. The number of carbonyl (C=O) groups is 1. The van der Waals surface area contributed by atoms with Gasteiger partial charge in [0, 0.05) is 6.54 Å². The van der Waals surface area contributed by atoms with E-state index in [-0.39, 0.29) is 11.5 Å². The quantitative estimate of drug-likeness (QED) is 0.520. The summed E-state index contributed by atoms with van der Waals surface area (Å²) in [5.74, 6) is -0.371. The molecule has 22 heavy (non-hydrogen) atoms. The van der Waals surface area contributed by atoms with E-state index in [1.807, 2.05) is 72.8 Å². The predicted molar refractivity (Wildman–Crippen MR) is 87.5 cm³/mol. The standard InChI is InChI=1S/C19H16N2O/c20-14-18(13-7-12-16-8-3-1-4-9-16)19(22)21-15-17-10-5-2-6-11-17/h1-13H,15H2,(H,21,22). The molecule has 3 nitrogen and oxygen atoms in total. The lowest BCUT2D eigenvalue weighted by Gasteiger charge is -2.03. The zero-order valence-electron chi connectivity index (χ0n) is 12.1. The molecule has 0 aromatic heterocycles. The van der Waals surface area contributed by atoms with Crippen LogP contribution in [0.1, 0.15) is 11.1 Å². The van der Waals surface area contributed by atoms with Crippen LogP contribution in [-0.2, 0) is 11.3 Å². The van der Waals surface area contributed by atoms with Crippen molar-refractivity contribution < 1.29 is 4.79 Å². The Bertz CT molecular complexity index is 710. The van der Waals surface area contributed by atoms with Crippen molar-refractivity contribution in [3.8, 4) is 6.07 Å². The fourth-order valence-electron chi connectivity index (χ4n) is 1.86. The van der Waals surface area contributed by atoms with Gasteiger partial charge in [0.15, 0.2) is 0 Å². The van der Waals surface area contributed by atoms with Gasteiger partial charge in [-0.15, -0.1) is 0 Å². The molecule has 0 aliphatic carbocycles. The first-order valence-corrected chi connectivity index (χ1v) is 6.95. The van der Waals surface area contributed by atoms with Crippen LogP contribution in [0, 0.1) is 11.3 Å². The van der Waals surface area contributed by atoms with Crippen LogP contribution in [0.15, 0.2) is 78.4 Å². The van der Waals surface area contributed by atoms with Crippen LogP contribution in [0.5, 0.6) is 0 Å². The molecule has 0 radical (unpaired) electrons. The molecule has 0 saturated heterocycles. The van der Waals surface area contributed by atoms with E-state index in [1.165, 1.54) is 6.08 Å². The molecule has 0 saturated carbocycles. The number of amides is 1. The van der Waals surface area contributed by atoms with E-state index in [1.54, 1.807) is 6.08 Å². The van der Waals surface area contributed by atoms with E-state index >= 15 is 0 Å². The van der Waals surface area contributed by atoms with E-state index in [4.69, 9.17) is 5.26 Å². The van der Waals surface area contributed by atoms with Gasteiger partial charge in [-0.3, -0.25) is 4.79 Å². The second kappa shape index (κ2) is 8.23. The molecule has 0 unspecified atom stereocenters. The Morgan fingerprint density at radius 2 is 1.68 bits per heavy atom. The molecule has 2 aromatic rings. The van der Waals surface area contributed by atoms with Crippen molar-refractivity contribution in [3.63, 3.8) is 0 Å². The van der Waals surface area contributed by atoms with Gasteiger partial charge in [-0.2, -0.15) is 5.26 Å². The Balaban J connectivity index is 1.95. The summed E-state index contributed by atoms with van der Waals surface area (Å²) in [7, 11) is 0. The van der Waals surface area contributed by atoms with Crippen LogP contribution in [0.25, 0.3) is 6.08 Å². The van der Waals surface area contributed by atoms with Gasteiger partial charge in [-0.05, 0) is 17.2 Å². The van der Waals surface area contributed by atoms with Gasteiger partial charge in [0.1, 0.15) is 11.6 Å². The first-order valence-electron chi connectivity index (χ1n) is 6.95. The van der Waals surface area contributed by atoms with Crippen molar-refractivity contribution in [3.05, 3.63) is 89.5 Å². The van der Waals surface area contributed by atoms with Crippen LogP contribution in [0.3, 0.4) is 0 Å². The third-order valence-electron chi connectivity index (χ3n) is 3.01. The summed E-state index contributed by atoms with van der Waals surface area (Å²) >= 11 is 0. The van der Waals surface area contributed by atoms with Gasteiger partial charge >= 0.3 is 0 Å². The van der Waals surface area contributed by atoms with E-state index < -0.39 is 0 Å². The van der Waals surface area contributed by atoms with Gasteiger partial charge in [-0.25, -0.2) is 0 Å². The number of nitrogens with one attached hydrogen (secondary N) is 1. The Kier molecular flexibility index (Phi) is 5.71. The zero-order valence-corrected chi connectivity index (χ0v) is 12.1. The van der Waals surface area contributed by atoms with Gasteiger partial charge in [0.25, 0.3) is 5.91 Å². The van der Waals surface area contributed by atoms with Crippen LogP contribution in [0.2, 0.25) is 0 Å². The number of rotatable bonds is 5. The summed E-state index contributed by atoms with van der Waals surface area (Å²) in [5.41, 5.74) is 2.09. The summed E-state index contributed by atoms with van der Waals surface area (Å²) in [6, 6.07) is 21.2. The van der Waals surface area contributed by atoms with Crippen LogP contribution >= 0.6 is 0 Å². The third-order valence-corrected chi connectivity index (χ3v) is 3.01. The second-order valence-electron chi connectivity index (χ2n) is 4.63. The fraction of sp³-hybridized carbons (Fsp3) is 0.0526. The normalized spacial score (nSPS) is 11.1. The van der Waals surface area contributed by atoms with Crippen molar-refractivity contribution in [1.29, 1.82) is 5.26 Å². The average Bonchev–Trinajstić information content (AvgIpc) is 2.58. The van der Waals surface area contributed by atoms with Crippen molar-refractivity contribution >= 4 is 12.0 Å². The summed E-state index contributed by atoms with van der Waals surface area (Å²) in [6.45, 7) is 0.404. The number of carbonyl (C=O) groups excluding carboxylic acids is 1. The van der Waals surface area contributed by atoms with Gasteiger partial charge < -0.3 is 5.32 Å². The molecule has 0 aliphatic rings. The number of hydrogen-bond donors (Lipinski definition) is 1. The van der Waals surface area contributed by atoms with Crippen LogP contribution in [0.4, 0.5) is 0 Å². The van der Waals surface area contributed by atoms with E-state index in [0.29, 0.717) is 6.54 Å². The maximum Gasteiger partial charge on any atom is 0.262 e. The third kappa shape index (κ3) is 4.77. The van der Waals surface area contributed by atoms with E-state index in [0.717, 1.165) is 11.1 Å². The van der Waals surface area contributed by atoms with E-state index in [2.05, 4.69) is 5.32 Å². The van der Waals surface area contributed by atoms with Crippen molar-refractivity contribution in [2.24, 2.45) is 0 Å². The Morgan fingerprint density at radius 1 is 1.05 bits per heavy atom. The fourth-order valence-corrected chi connectivity index (χ4v) is 1.86. The maximum absolute atomic E-state index is 12.0. The van der Waals surface area contributed by atoms with Gasteiger partial charge in [-0.1, -0.05) is 72.8 Å². The van der Waals surface area contributed by atoms with Crippen molar-refractivity contribution in [1.82, 2.24) is 5.32 Å². The number of hydrogen-bond acceptors (Lipinski definition) is 2. The first kappa shape index (κ1) is 15.3. The lowest BCUT2D eigenvalue weighted by atomic mass is 10.2. The molecule has 0 aliphatic heterocycles. The second-order valence-corrected chi connectivity index (χ2v) is 4.63. The average molecular weight is 288 g/mol. The molecule has 0 heterocycles. The predicted octanol–water partition coefficient (Wildman–Crippen LogP) is 3.47. The Labute approximate surface area is 130 Å². The summed E-state index contributed by atoms with van der Waals surface area (Å²) in [6.07, 6.45) is 5.07. The van der Waals surface area contributed by atoms with Crippen LogP contribution < -0.4 is 5.32 Å². The highest BCUT2D eigenvalue weighted by Crippen LogP contribution is 2.03. The lowest BCUT2D eigenvalue weighted by molar-refractivity contribution is -0.117. The monoisotopic (exact) mass is 288 g/mol. The van der Waals surface area contributed by atoms with Crippen molar-refractivity contribution in [2.45, 2.75) is 6.54 Å². The number of allylic oxidation sites excluding steroid dienone is 2. The zero-order chi connectivity index (χ0) is 15.6. The molecule has 0 spiro atoms. The SMILES string of the molecule is N#CC(=CC=Cc1ccccc1)C(=O)NCc1ccccc1. The number of nitrogens with zero attached hydrogens (tertiary/aromatic N) is 1. The highest BCUT2D eigenvalue weighted by molar-refractivity contribution is 5.97. The number of benzene rings is 2. The number of nitriles is 1. The molecule has 3 heteroatoms. The largest absolute Gasteiger partial charge is 0.347 e. The topological polar surface area (TPSA) is 52.9 Å². The molecule has 2 aromatic carbocycles. The minimum absolute atomic E-state index is 0.0862. The Hall–Kier alpha value is -3.12. The molecule has 1 N–H and O–H groups in total. The molecular formula is C19H16N2O. The first-order chi connectivity index (χ1) is 10.8. The summed E-state index contributed by atoms with van der Waals surface area (Å²) in [4.78, 5) is 12.0. The van der Waals surface area contributed by atoms with Crippen LogP contribution in [-0.4, -0.2) is 5.91 Å². The Morgan fingerprint density at radius 3 is 2.32 bits per heavy atom. The molecule has 1 amide bonds. The van der Waals surface area contributed by atoms with E-state index in [9.17, 15) is 4.79 Å². The highest BCUT2D eigenvalue weighted by atomic mass is 16.1. The maximum atomic E-state index is 12.0. The molecule has 2 rings (SSSR count). The smallest absolute Gasteiger partial charge is 0.262 e. The van der Waals surface area contributed by atoms with Gasteiger partial charge in [0.05, 0.1) is 0 Å². The van der Waals surface area contributed by atoms with Gasteiger partial charge in [0.2, 0.25) is 0 Å².